The van der Waals surface area contributed by atoms with E-state index in [0.717, 1.165) is 12.0 Å². The largest absolute Gasteiger partial charge is 0.515 e. The fourth-order valence-electron chi connectivity index (χ4n) is 3.63. The van der Waals surface area contributed by atoms with Gasteiger partial charge in [-0.15, -0.1) is 0 Å². The molecular weight excluding hydrogens is 468 g/mol. The molecule has 0 aliphatic rings. The molecular formula is C29H30N4O4. The number of nitriles is 1. The topological polar surface area (TPSA) is 117 Å². The number of hydrogen-bond acceptors (Lipinski definition) is 6. The third-order valence-electron chi connectivity index (χ3n) is 6.25. The van der Waals surface area contributed by atoms with Crippen LogP contribution in [0.1, 0.15) is 43.1 Å². The predicted molar refractivity (Wildman–Crippen MR) is 143 cm³/mol. The van der Waals surface area contributed by atoms with Crippen molar-refractivity contribution in [3.8, 4) is 22.9 Å². The Labute approximate surface area is 216 Å². The molecule has 0 saturated heterocycles. The van der Waals surface area contributed by atoms with Crippen LogP contribution >= 0.6 is 0 Å². The maximum absolute atomic E-state index is 13.1. The molecule has 1 aromatic heterocycles. The number of benzene rings is 2. The Morgan fingerprint density at radius 3 is 2.38 bits per heavy atom. The molecule has 8 nitrogen and oxygen atoms in total. The summed E-state index contributed by atoms with van der Waals surface area (Å²) in [5.74, 6) is -0.827. The molecule has 0 unspecified atom stereocenters. The van der Waals surface area contributed by atoms with Crippen LogP contribution in [-0.2, 0) is 10.2 Å². The molecule has 2 aromatic carbocycles. The van der Waals surface area contributed by atoms with Gasteiger partial charge in [0, 0.05) is 25.0 Å². The Balaban J connectivity index is 1.69. The van der Waals surface area contributed by atoms with Crippen molar-refractivity contribution in [3.63, 3.8) is 0 Å². The van der Waals surface area contributed by atoms with E-state index in [2.05, 4.69) is 37.1 Å². The first kappa shape index (κ1) is 27.0. The van der Waals surface area contributed by atoms with E-state index in [1.807, 2.05) is 42.5 Å². The van der Waals surface area contributed by atoms with Crippen molar-refractivity contribution in [3.05, 3.63) is 90.0 Å². The summed E-state index contributed by atoms with van der Waals surface area (Å²) in [5, 5.41) is 21.9. The average Bonchev–Trinajstić information content (AvgIpc) is 3.37. The quantitative estimate of drug-likeness (QED) is 0.196. The standard InChI is InChI=1S/C29H30N4O4/c1-5-29(2,3)22-11-13-23(14-12-22)37-19-26(35)32-27(31-4)25(18-34)28(36)33-16-21(15-30)24(17-33)20-9-7-6-8-10-20/h6-14,16-18,34H,5,19H2,1-4H3,(H,31,32,35)/b25-18+. The van der Waals surface area contributed by atoms with Crippen LogP contribution in [0.25, 0.3) is 11.1 Å². The highest BCUT2D eigenvalue weighted by atomic mass is 16.5. The maximum Gasteiger partial charge on any atom is 0.268 e. The Kier molecular flexibility index (Phi) is 8.64. The monoisotopic (exact) mass is 498 g/mol. The molecule has 0 radical (unpaired) electrons. The molecule has 8 heteroatoms. The van der Waals surface area contributed by atoms with Gasteiger partial charge in [0.25, 0.3) is 11.8 Å². The minimum atomic E-state index is -0.669. The van der Waals surface area contributed by atoms with Crippen molar-refractivity contribution >= 4 is 17.6 Å². The number of amidine groups is 1. The number of amides is 1. The van der Waals surface area contributed by atoms with E-state index in [1.54, 1.807) is 12.1 Å². The zero-order chi connectivity index (χ0) is 27.0. The van der Waals surface area contributed by atoms with E-state index in [9.17, 15) is 20.0 Å². The Morgan fingerprint density at radius 2 is 1.81 bits per heavy atom. The highest BCUT2D eigenvalue weighted by Gasteiger charge is 2.22. The van der Waals surface area contributed by atoms with Crippen LogP contribution in [0.2, 0.25) is 0 Å². The van der Waals surface area contributed by atoms with E-state index in [1.165, 1.54) is 29.6 Å². The Bertz CT molecular complexity index is 1360. The van der Waals surface area contributed by atoms with Gasteiger partial charge in [-0.3, -0.25) is 19.1 Å². The molecule has 1 amide bonds. The number of aromatic nitrogens is 1. The van der Waals surface area contributed by atoms with Gasteiger partial charge in [0.15, 0.2) is 6.61 Å². The summed E-state index contributed by atoms with van der Waals surface area (Å²) in [4.78, 5) is 29.6. The summed E-state index contributed by atoms with van der Waals surface area (Å²) in [6, 6.07) is 18.8. The summed E-state index contributed by atoms with van der Waals surface area (Å²) < 4.78 is 6.76. The van der Waals surface area contributed by atoms with Gasteiger partial charge in [0.05, 0.1) is 11.8 Å². The van der Waals surface area contributed by atoms with Crippen LogP contribution in [0.5, 0.6) is 5.75 Å². The number of ether oxygens (including phenoxy) is 1. The maximum atomic E-state index is 13.1. The minimum absolute atomic E-state index is 0.0392. The molecule has 37 heavy (non-hydrogen) atoms. The van der Waals surface area contributed by atoms with Crippen molar-refractivity contribution in [1.82, 2.24) is 9.88 Å². The number of rotatable bonds is 8. The van der Waals surface area contributed by atoms with Crippen LogP contribution in [-0.4, -0.2) is 41.0 Å². The van der Waals surface area contributed by atoms with E-state index in [4.69, 9.17) is 4.74 Å². The van der Waals surface area contributed by atoms with Crippen LogP contribution in [0.15, 0.2) is 83.8 Å². The van der Waals surface area contributed by atoms with Crippen molar-refractivity contribution < 1.29 is 19.4 Å². The number of carbonyl (C=O) groups is 2. The van der Waals surface area contributed by atoms with Gasteiger partial charge in [-0.2, -0.15) is 5.26 Å². The van der Waals surface area contributed by atoms with Crippen molar-refractivity contribution in [1.29, 1.82) is 5.26 Å². The minimum Gasteiger partial charge on any atom is -0.515 e. The molecule has 0 saturated carbocycles. The summed E-state index contributed by atoms with van der Waals surface area (Å²) in [5.41, 5.74) is 2.58. The summed E-state index contributed by atoms with van der Waals surface area (Å²) >= 11 is 0. The summed E-state index contributed by atoms with van der Waals surface area (Å²) in [6.07, 6.45) is 4.44. The molecule has 1 heterocycles. The van der Waals surface area contributed by atoms with Gasteiger partial charge in [0.1, 0.15) is 23.2 Å². The fourth-order valence-corrected chi connectivity index (χ4v) is 3.63. The first-order valence-corrected chi connectivity index (χ1v) is 11.8. The van der Waals surface area contributed by atoms with Crippen LogP contribution < -0.4 is 10.1 Å². The molecule has 0 fully saturated rings. The van der Waals surface area contributed by atoms with E-state index in [0.29, 0.717) is 17.6 Å². The third kappa shape index (κ3) is 6.33. The number of carbonyl (C=O) groups excluding carboxylic acids is 2. The number of aliphatic hydroxyl groups is 1. The van der Waals surface area contributed by atoms with Crippen molar-refractivity contribution in [2.75, 3.05) is 13.7 Å². The second-order valence-electron chi connectivity index (χ2n) is 8.99. The number of hydrogen-bond donors (Lipinski definition) is 2. The molecule has 3 rings (SSSR count). The predicted octanol–water partition coefficient (Wildman–Crippen LogP) is 5.02. The number of aliphatic imine (C=N–C) groups is 1. The summed E-state index contributed by atoms with van der Waals surface area (Å²) in [7, 11) is 1.38. The number of nitrogens with one attached hydrogen (secondary N) is 1. The SMILES string of the molecule is CCC(C)(C)c1ccc(OCC(=O)NC(=NC)/C(=C\O)C(=O)n2cc(C#N)c(-c3ccccc3)c2)cc1. The smallest absolute Gasteiger partial charge is 0.268 e. The Morgan fingerprint density at radius 1 is 1.14 bits per heavy atom. The van der Waals surface area contributed by atoms with E-state index >= 15 is 0 Å². The van der Waals surface area contributed by atoms with Crippen molar-refractivity contribution in [2.24, 2.45) is 4.99 Å². The van der Waals surface area contributed by atoms with Gasteiger partial charge < -0.3 is 15.2 Å². The average molecular weight is 499 g/mol. The lowest BCUT2D eigenvalue weighted by molar-refractivity contribution is -0.121. The highest BCUT2D eigenvalue weighted by molar-refractivity contribution is 6.24. The van der Waals surface area contributed by atoms with Gasteiger partial charge in [-0.05, 0) is 35.1 Å². The number of nitrogens with zero attached hydrogens (tertiary/aromatic N) is 3. The molecule has 190 valence electrons. The van der Waals surface area contributed by atoms with E-state index < -0.39 is 11.8 Å². The third-order valence-corrected chi connectivity index (χ3v) is 6.25. The molecule has 2 N–H and O–H groups in total. The molecule has 3 aromatic rings. The second-order valence-corrected chi connectivity index (χ2v) is 8.99. The molecule has 0 bridgehead atoms. The first-order chi connectivity index (χ1) is 17.7. The lowest BCUT2D eigenvalue weighted by Gasteiger charge is -2.23. The molecule has 0 atom stereocenters. The Hall–Kier alpha value is -4.64. The van der Waals surface area contributed by atoms with Crippen LogP contribution in [0, 0.1) is 11.3 Å². The second kappa shape index (κ2) is 11.9. The number of aliphatic hydroxyl groups excluding tert-OH is 1. The van der Waals surface area contributed by atoms with Gasteiger partial charge >= 0.3 is 0 Å². The highest BCUT2D eigenvalue weighted by Crippen LogP contribution is 2.28. The van der Waals surface area contributed by atoms with Gasteiger partial charge in [0.2, 0.25) is 0 Å². The lowest BCUT2D eigenvalue weighted by Crippen LogP contribution is -2.38. The van der Waals surface area contributed by atoms with Gasteiger partial charge in [-0.1, -0.05) is 63.2 Å². The lowest BCUT2D eigenvalue weighted by atomic mass is 9.82. The van der Waals surface area contributed by atoms with Crippen LogP contribution in [0.3, 0.4) is 0 Å². The molecule has 0 aliphatic heterocycles. The molecule has 0 spiro atoms. The zero-order valence-corrected chi connectivity index (χ0v) is 21.4. The zero-order valence-electron chi connectivity index (χ0n) is 21.4. The van der Waals surface area contributed by atoms with Crippen LogP contribution in [0.4, 0.5) is 0 Å². The summed E-state index contributed by atoms with van der Waals surface area (Å²) in [6.45, 7) is 6.13. The normalized spacial score (nSPS) is 12.1. The molecule has 0 aliphatic carbocycles. The van der Waals surface area contributed by atoms with Crippen molar-refractivity contribution in [2.45, 2.75) is 32.6 Å². The van der Waals surface area contributed by atoms with E-state index in [-0.39, 0.29) is 29.0 Å². The fraction of sp³-hybridized carbons (Fsp3) is 0.241. The van der Waals surface area contributed by atoms with Gasteiger partial charge in [-0.25, -0.2) is 0 Å². The first-order valence-electron chi connectivity index (χ1n) is 11.8.